The molecule has 0 aromatic heterocycles. The van der Waals surface area contributed by atoms with E-state index in [0.717, 1.165) is 59.4 Å². The first kappa shape index (κ1) is 32.9. The maximum absolute atomic E-state index is 11.0. The molecule has 44 heavy (non-hydrogen) atoms. The molecule has 0 radical (unpaired) electrons. The van der Waals surface area contributed by atoms with Crippen molar-refractivity contribution in [1.82, 2.24) is 0 Å². The average molecular weight is 613 g/mol. The Morgan fingerprint density at radius 1 is 0.636 bits per heavy atom. The number of hydrogen-bond acceptors (Lipinski definition) is 14. The Balaban J connectivity index is 0.000000240. The number of non-ortho nitro benzene ring substituents is 2. The highest BCUT2D eigenvalue weighted by molar-refractivity contribution is 6.04. The zero-order valence-electron chi connectivity index (χ0n) is 23.6. The van der Waals surface area contributed by atoms with Crippen LogP contribution in [0.4, 0.5) is 34.1 Å². The van der Waals surface area contributed by atoms with Crippen LogP contribution in [0.2, 0.25) is 0 Å². The van der Waals surface area contributed by atoms with Crippen molar-refractivity contribution in [2.75, 3.05) is 24.1 Å². The quantitative estimate of drug-likeness (QED) is 0.209. The number of nitro benzene ring substituents is 4. The van der Waals surface area contributed by atoms with E-state index in [9.17, 15) is 50.7 Å². The van der Waals surface area contributed by atoms with E-state index in [0.29, 0.717) is 24.3 Å². The monoisotopic (exact) mass is 612 g/mol. The topological polar surface area (TPSA) is 262 Å². The van der Waals surface area contributed by atoms with Crippen LogP contribution in [-0.4, -0.2) is 54.5 Å². The first-order valence-electron chi connectivity index (χ1n) is 13.0. The molecule has 0 unspecified atom stereocenters. The van der Waals surface area contributed by atoms with E-state index < -0.39 is 31.1 Å². The number of nitro groups is 4. The van der Waals surface area contributed by atoms with Crippen LogP contribution in [0.1, 0.15) is 39.5 Å². The lowest BCUT2D eigenvalue weighted by Crippen LogP contribution is -2.06. The Morgan fingerprint density at radius 3 is 1.30 bits per heavy atom. The van der Waals surface area contributed by atoms with Crippen molar-refractivity contribution in [3.05, 3.63) is 99.1 Å². The number of anilines is 2. The number of aliphatic hydroxyl groups is 2. The van der Waals surface area contributed by atoms with Gasteiger partial charge in [-0.1, -0.05) is 11.1 Å². The molecule has 0 aliphatic heterocycles. The zero-order chi connectivity index (χ0) is 32.6. The predicted octanol–water partition coefficient (Wildman–Crippen LogP) is 4.75. The fourth-order valence-corrected chi connectivity index (χ4v) is 4.42. The summed E-state index contributed by atoms with van der Waals surface area (Å²) in [5, 5.41) is 70.1. The molecule has 0 amide bonds. The van der Waals surface area contributed by atoms with Crippen molar-refractivity contribution >= 4 is 45.5 Å². The van der Waals surface area contributed by atoms with Gasteiger partial charge in [0.2, 0.25) is 0 Å². The van der Waals surface area contributed by atoms with Crippen molar-refractivity contribution in [2.24, 2.45) is 10.2 Å². The third-order valence-corrected chi connectivity index (χ3v) is 6.92. The highest BCUT2D eigenvalue weighted by Crippen LogP contribution is 2.31. The molecule has 0 heterocycles. The number of allylic oxidation sites excluding steroid dienone is 2. The number of rotatable bonds is 10. The normalized spacial score (nSPS) is 16.2. The Labute approximate surface area is 248 Å². The molecule has 2 aliphatic carbocycles. The van der Waals surface area contributed by atoms with Crippen LogP contribution in [0, 0.1) is 40.5 Å². The summed E-state index contributed by atoms with van der Waals surface area (Å²) >= 11 is 0. The summed E-state index contributed by atoms with van der Waals surface area (Å²) in [5.74, 6) is 0. The first-order chi connectivity index (χ1) is 20.9. The van der Waals surface area contributed by atoms with Crippen LogP contribution in [0.15, 0.2) is 68.9 Å². The third-order valence-electron chi connectivity index (χ3n) is 6.92. The Bertz CT molecular complexity index is 1510. The van der Waals surface area contributed by atoms with E-state index in [-0.39, 0.29) is 36.0 Å². The Kier molecular flexibility index (Phi) is 10.9. The first-order valence-corrected chi connectivity index (χ1v) is 13.0. The molecule has 2 aromatic rings. The predicted molar refractivity (Wildman–Crippen MR) is 160 cm³/mol. The van der Waals surface area contributed by atoms with Gasteiger partial charge in [0, 0.05) is 12.1 Å². The molecule has 2 aliphatic rings. The van der Waals surface area contributed by atoms with Gasteiger partial charge < -0.3 is 10.2 Å². The van der Waals surface area contributed by atoms with E-state index in [4.69, 9.17) is 0 Å². The maximum Gasteiger partial charge on any atom is 0.301 e. The number of nitrogens with zero attached hydrogens (tertiary/aromatic N) is 6. The minimum atomic E-state index is -0.710. The largest absolute Gasteiger partial charge is 0.392 e. The van der Waals surface area contributed by atoms with Gasteiger partial charge in [0.25, 0.3) is 11.4 Å². The Morgan fingerprint density at radius 2 is 1.00 bits per heavy atom. The summed E-state index contributed by atoms with van der Waals surface area (Å²) in [6, 6.07) is 6.57. The van der Waals surface area contributed by atoms with Crippen LogP contribution in [0.5, 0.6) is 0 Å². The molecule has 18 heteroatoms. The second-order valence-corrected chi connectivity index (χ2v) is 9.61. The lowest BCUT2D eigenvalue weighted by atomic mass is 10.2. The molecule has 0 fully saturated rings. The maximum atomic E-state index is 11.0. The molecule has 0 saturated heterocycles. The molecule has 0 bridgehead atoms. The standard InChI is InChI=1S/2C13H14N4O5/c2*1-8-2-4-11(10(8)7-18)14-15-12-5-3-9(16(19)20)6-13(12)17(21)22/h2*3,5-6,15,18H,2,4,7H2,1H3/b2*14-11+. The second kappa shape index (κ2) is 14.5. The van der Waals surface area contributed by atoms with Gasteiger partial charge in [-0.2, -0.15) is 10.2 Å². The van der Waals surface area contributed by atoms with Gasteiger partial charge >= 0.3 is 11.4 Å². The van der Waals surface area contributed by atoms with Crippen LogP contribution in [0.3, 0.4) is 0 Å². The van der Waals surface area contributed by atoms with E-state index in [1.54, 1.807) is 0 Å². The van der Waals surface area contributed by atoms with Gasteiger partial charge in [0.1, 0.15) is 11.4 Å². The van der Waals surface area contributed by atoms with E-state index >= 15 is 0 Å². The lowest BCUT2D eigenvalue weighted by molar-refractivity contribution is -0.393. The third kappa shape index (κ3) is 7.81. The van der Waals surface area contributed by atoms with Crippen molar-refractivity contribution in [1.29, 1.82) is 0 Å². The lowest BCUT2D eigenvalue weighted by Gasteiger charge is -2.05. The second-order valence-electron chi connectivity index (χ2n) is 9.61. The van der Waals surface area contributed by atoms with Crippen molar-refractivity contribution in [2.45, 2.75) is 39.5 Å². The molecule has 0 atom stereocenters. The summed E-state index contributed by atoms with van der Waals surface area (Å²) in [5.41, 5.74) is 8.43. The van der Waals surface area contributed by atoms with E-state index in [2.05, 4.69) is 21.1 Å². The summed E-state index contributed by atoms with van der Waals surface area (Å²) in [7, 11) is 0. The number of aliphatic hydroxyl groups excluding tert-OH is 2. The van der Waals surface area contributed by atoms with E-state index in [1.165, 1.54) is 12.1 Å². The fraction of sp³-hybridized carbons (Fsp3) is 0.308. The molecule has 0 spiro atoms. The molecule has 232 valence electrons. The average Bonchev–Trinajstić information content (AvgIpc) is 3.54. The number of hydrazone groups is 2. The van der Waals surface area contributed by atoms with Gasteiger partial charge in [0.15, 0.2) is 0 Å². The van der Waals surface area contributed by atoms with Crippen molar-refractivity contribution in [3.8, 4) is 0 Å². The zero-order valence-corrected chi connectivity index (χ0v) is 23.6. The number of hydrogen-bond donors (Lipinski definition) is 4. The summed E-state index contributed by atoms with van der Waals surface area (Å²) < 4.78 is 0. The minimum absolute atomic E-state index is 0.0601. The van der Waals surface area contributed by atoms with Crippen LogP contribution in [-0.2, 0) is 0 Å². The molecule has 4 N–H and O–H groups in total. The molecular weight excluding hydrogens is 584 g/mol. The molecule has 0 saturated carbocycles. The summed E-state index contributed by atoms with van der Waals surface area (Å²) in [6.45, 7) is 3.49. The molecule has 18 nitrogen and oxygen atoms in total. The minimum Gasteiger partial charge on any atom is -0.392 e. The smallest absolute Gasteiger partial charge is 0.301 e. The van der Waals surface area contributed by atoms with Crippen LogP contribution >= 0.6 is 0 Å². The number of benzene rings is 2. The van der Waals surface area contributed by atoms with Gasteiger partial charge in [0.05, 0.1) is 56.5 Å². The van der Waals surface area contributed by atoms with Crippen molar-refractivity contribution in [3.63, 3.8) is 0 Å². The van der Waals surface area contributed by atoms with Gasteiger partial charge in [-0.25, -0.2) is 0 Å². The fourth-order valence-electron chi connectivity index (χ4n) is 4.42. The Hall–Kier alpha value is -5.62. The van der Waals surface area contributed by atoms with Crippen LogP contribution < -0.4 is 10.9 Å². The molecule has 4 rings (SSSR count). The van der Waals surface area contributed by atoms with Crippen LogP contribution in [0.25, 0.3) is 0 Å². The molecular formula is C26H28N8O10. The van der Waals surface area contributed by atoms with Crippen molar-refractivity contribution < 1.29 is 29.9 Å². The summed E-state index contributed by atoms with van der Waals surface area (Å²) in [4.78, 5) is 40.5. The highest BCUT2D eigenvalue weighted by atomic mass is 16.6. The van der Waals surface area contributed by atoms with Gasteiger partial charge in [-0.05, 0) is 62.8 Å². The SMILES string of the molecule is CC1=C(CO)/C(=N/Nc2ccc([N+](=O)[O-])cc2[N+](=O)[O-])CC1.CC1=C(CO)/C(=N/Nc2ccc([N+](=O)[O-])cc2[N+](=O)[O-])CC1. The molecule has 2 aromatic carbocycles. The van der Waals surface area contributed by atoms with Gasteiger partial charge in [-0.3, -0.25) is 51.3 Å². The van der Waals surface area contributed by atoms with E-state index in [1.807, 2.05) is 13.8 Å². The highest BCUT2D eigenvalue weighted by Gasteiger charge is 2.23. The summed E-state index contributed by atoms with van der Waals surface area (Å²) in [6.07, 6.45) is 2.82. The number of nitrogens with one attached hydrogen (secondary N) is 2. The van der Waals surface area contributed by atoms with Gasteiger partial charge in [-0.15, -0.1) is 0 Å².